The molecule has 1 aliphatic rings. The summed E-state index contributed by atoms with van der Waals surface area (Å²) in [6.45, 7) is 2.69. The van der Waals surface area contributed by atoms with Gasteiger partial charge in [-0.1, -0.05) is 12.1 Å². The van der Waals surface area contributed by atoms with E-state index >= 15 is 0 Å². The first-order valence-corrected chi connectivity index (χ1v) is 6.84. The van der Waals surface area contributed by atoms with Crippen LogP contribution in [0.2, 0.25) is 0 Å². The van der Waals surface area contributed by atoms with Gasteiger partial charge in [-0.15, -0.1) is 0 Å². The Kier molecular flexibility index (Phi) is 4.73. The number of aryl methyl sites for hydroxylation is 1. The molecule has 1 aromatic carbocycles. The molecule has 0 spiro atoms. The molecule has 1 aliphatic heterocycles. The van der Waals surface area contributed by atoms with Crippen LogP contribution in [0, 0.1) is 12.7 Å². The van der Waals surface area contributed by atoms with Crippen LogP contribution in [0.25, 0.3) is 0 Å². The Balaban J connectivity index is 2.31. The zero-order chi connectivity index (χ0) is 14.7. The van der Waals surface area contributed by atoms with Gasteiger partial charge in [0.05, 0.1) is 12.6 Å². The van der Waals surface area contributed by atoms with Crippen LogP contribution in [0.3, 0.4) is 0 Å². The van der Waals surface area contributed by atoms with Gasteiger partial charge in [0.25, 0.3) is 0 Å². The van der Waals surface area contributed by atoms with E-state index in [4.69, 9.17) is 10.5 Å². The van der Waals surface area contributed by atoms with Gasteiger partial charge in [-0.3, -0.25) is 4.79 Å². The van der Waals surface area contributed by atoms with Gasteiger partial charge in [-0.25, -0.2) is 4.39 Å². The van der Waals surface area contributed by atoms with E-state index in [-0.39, 0.29) is 23.8 Å². The molecule has 110 valence electrons. The summed E-state index contributed by atoms with van der Waals surface area (Å²) in [5.74, 6) is -0.163. The van der Waals surface area contributed by atoms with Crippen molar-refractivity contribution in [3.05, 3.63) is 35.1 Å². The van der Waals surface area contributed by atoms with Gasteiger partial charge in [0.15, 0.2) is 0 Å². The van der Waals surface area contributed by atoms with Crippen LogP contribution < -0.4 is 5.73 Å². The fourth-order valence-corrected chi connectivity index (χ4v) is 2.71. The zero-order valence-corrected chi connectivity index (χ0v) is 11.9. The first kappa shape index (κ1) is 14.9. The second-order valence-electron chi connectivity index (χ2n) is 5.24. The molecule has 4 nitrogen and oxygen atoms in total. The Morgan fingerprint density at radius 1 is 1.50 bits per heavy atom. The maximum absolute atomic E-state index is 13.4. The number of piperidine rings is 1. The van der Waals surface area contributed by atoms with E-state index in [9.17, 15) is 9.18 Å². The van der Waals surface area contributed by atoms with E-state index in [1.165, 1.54) is 6.07 Å². The minimum absolute atomic E-state index is 0.0794. The fourth-order valence-electron chi connectivity index (χ4n) is 2.71. The maximum atomic E-state index is 13.4. The largest absolute Gasteiger partial charge is 0.383 e. The van der Waals surface area contributed by atoms with E-state index in [1.54, 1.807) is 31.1 Å². The van der Waals surface area contributed by atoms with Gasteiger partial charge in [0, 0.05) is 26.1 Å². The van der Waals surface area contributed by atoms with Crippen molar-refractivity contribution in [2.24, 2.45) is 5.73 Å². The minimum Gasteiger partial charge on any atom is -0.383 e. The fraction of sp³-hybridized carbons (Fsp3) is 0.533. The van der Waals surface area contributed by atoms with Gasteiger partial charge >= 0.3 is 0 Å². The Bertz CT molecular complexity index is 493. The lowest BCUT2D eigenvalue weighted by atomic mass is 9.90. The molecule has 0 bridgehead atoms. The Labute approximate surface area is 118 Å². The molecule has 1 aromatic rings. The highest BCUT2D eigenvalue weighted by atomic mass is 19.1. The van der Waals surface area contributed by atoms with E-state index in [0.29, 0.717) is 31.6 Å². The molecule has 20 heavy (non-hydrogen) atoms. The average molecular weight is 280 g/mol. The van der Waals surface area contributed by atoms with Crippen molar-refractivity contribution >= 4 is 5.91 Å². The molecule has 0 aromatic heterocycles. The first-order chi connectivity index (χ1) is 9.54. The van der Waals surface area contributed by atoms with E-state index in [2.05, 4.69) is 0 Å². The molecule has 1 saturated heterocycles. The van der Waals surface area contributed by atoms with Crippen molar-refractivity contribution in [3.63, 3.8) is 0 Å². The van der Waals surface area contributed by atoms with Crippen molar-refractivity contribution in [3.8, 4) is 0 Å². The number of amides is 1. The SMILES string of the molecule is COCCN1C(=O)CCC(N)C1c1ccc(F)c(C)c1. The lowest BCUT2D eigenvalue weighted by Crippen LogP contribution is -2.49. The monoisotopic (exact) mass is 280 g/mol. The number of carbonyl (C=O) groups is 1. The predicted octanol–water partition coefficient (Wildman–Crippen LogP) is 1.77. The molecule has 2 rings (SSSR count). The number of halogens is 1. The number of rotatable bonds is 4. The molecule has 1 fully saturated rings. The van der Waals surface area contributed by atoms with Crippen LogP contribution in [-0.2, 0) is 9.53 Å². The molecule has 0 saturated carbocycles. The summed E-state index contributed by atoms with van der Waals surface area (Å²) in [6, 6.07) is 4.59. The Morgan fingerprint density at radius 2 is 2.25 bits per heavy atom. The number of ether oxygens (including phenoxy) is 1. The highest BCUT2D eigenvalue weighted by Gasteiger charge is 2.34. The molecule has 2 atom stereocenters. The van der Waals surface area contributed by atoms with Crippen LogP contribution in [0.15, 0.2) is 18.2 Å². The van der Waals surface area contributed by atoms with Crippen LogP contribution >= 0.6 is 0 Å². The van der Waals surface area contributed by atoms with Crippen molar-refractivity contribution < 1.29 is 13.9 Å². The molecule has 0 aliphatic carbocycles. The van der Waals surface area contributed by atoms with Gasteiger partial charge < -0.3 is 15.4 Å². The number of carbonyl (C=O) groups excluding carboxylic acids is 1. The topological polar surface area (TPSA) is 55.6 Å². The number of methoxy groups -OCH3 is 1. The molecular weight excluding hydrogens is 259 g/mol. The first-order valence-electron chi connectivity index (χ1n) is 6.84. The molecule has 5 heteroatoms. The molecule has 2 N–H and O–H groups in total. The average Bonchev–Trinajstić information content (AvgIpc) is 2.43. The zero-order valence-electron chi connectivity index (χ0n) is 11.9. The second kappa shape index (κ2) is 6.33. The summed E-state index contributed by atoms with van der Waals surface area (Å²) in [5, 5.41) is 0. The van der Waals surface area contributed by atoms with Crippen LogP contribution in [-0.4, -0.2) is 37.1 Å². The van der Waals surface area contributed by atoms with Crippen LogP contribution in [0.4, 0.5) is 4.39 Å². The quantitative estimate of drug-likeness (QED) is 0.914. The van der Waals surface area contributed by atoms with Crippen molar-refractivity contribution in [1.29, 1.82) is 0 Å². The highest BCUT2D eigenvalue weighted by Crippen LogP contribution is 2.31. The van der Waals surface area contributed by atoms with Crippen molar-refractivity contribution in [2.75, 3.05) is 20.3 Å². The lowest BCUT2D eigenvalue weighted by Gasteiger charge is -2.40. The minimum atomic E-state index is -0.243. The Morgan fingerprint density at radius 3 is 2.90 bits per heavy atom. The third kappa shape index (κ3) is 2.99. The number of nitrogens with two attached hydrogens (primary N) is 1. The van der Waals surface area contributed by atoms with E-state index in [1.807, 2.05) is 0 Å². The molecular formula is C15H21FN2O2. The van der Waals surface area contributed by atoms with E-state index < -0.39 is 0 Å². The molecule has 1 heterocycles. The lowest BCUT2D eigenvalue weighted by molar-refractivity contribution is -0.138. The summed E-state index contributed by atoms with van der Waals surface area (Å²) < 4.78 is 18.5. The number of nitrogens with zero attached hydrogens (tertiary/aromatic N) is 1. The van der Waals surface area contributed by atoms with Crippen molar-refractivity contribution in [1.82, 2.24) is 4.90 Å². The predicted molar refractivity (Wildman–Crippen MR) is 74.7 cm³/mol. The number of likely N-dealkylation sites (tertiary alicyclic amines) is 1. The third-order valence-corrected chi connectivity index (χ3v) is 3.81. The number of hydrogen-bond donors (Lipinski definition) is 1. The van der Waals surface area contributed by atoms with Gasteiger partial charge in [-0.05, 0) is 30.5 Å². The molecule has 0 radical (unpaired) electrons. The van der Waals surface area contributed by atoms with Crippen LogP contribution in [0.5, 0.6) is 0 Å². The maximum Gasteiger partial charge on any atom is 0.223 e. The van der Waals surface area contributed by atoms with Gasteiger partial charge in [0.2, 0.25) is 5.91 Å². The normalized spacial score (nSPS) is 23.2. The molecule has 1 amide bonds. The number of benzene rings is 1. The van der Waals surface area contributed by atoms with Crippen LogP contribution in [0.1, 0.15) is 30.0 Å². The summed E-state index contributed by atoms with van der Waals surface area (Å²) in [4.78, 5) is 13.9. The summed E-state index contributed by atoms with van der Waals surface area (Å²) >= 11 is 0. The smallest absolute Gasteiger partial charge is 0.223 e. The number of hydrogen-bond acceptors (Lipinski definition) is 3. The third-order valence-electron chi connectivity index (χ3n) is 3.81. The van der Waals surface area contributed by atoms with Gasteiger partial charge in [-0.2, -0.15) is 0 Å². The Hall–Kier alpha value is -1.46. The highest BCUT2D eigenvalue weighted by molar-refractivity contribution is 5.78. The summed E-state index contributed by atoms with van der Waals surface area (Å²) in [6.07, 6.45) is 1.12. The van der Waals surface area contributed by atoms with Gasteiger partial charge in [0.1, 0.15) is 5.82 Å². The second-order valence-corrected chi connectivity index (χ2v) is 5.24. The summed E-state index contributed by atoms with van der Waals surface area (Å²) in [5.41, 5.74) is 7.65. The van der Waals surface area contributed by atoms with E-state index in [0.717, 1.165) is 5.56 Å². The van der Waals surface area contributed by atoms with Crippen molar-refractivity contribution in [2.45, 2.75) is 31.8 Å². The molecule has 2 unspecified atom stereocenters. The summed E-state index contributed by atoms with van der Waals surface area (Å²) in [7, 11) is 1.60. The standard InChI is InChI=1S/C15H21FN2O2/c1-10-9-11(3-4-12(10)16)15-13(17)5-6-14(19)18(15)7-8-20-2/h3-4,9,13,15H,5-8,17H2,1-2H3.